The maximum absolute atomic E-state index is 13.4. The molecule has 4 N–H and O–H groups in total. The Morgan fingerprint density at radius 1 is 1.17 bits per heavy atom. The van der Waals surface area contributed by atoms with E-state index in [-0.39, 0.29) is 0 Å². The van der Waals surface area contributed by atoms with Crippen LogP contribution in [-0.4, -0.2) is 37.1 Å². The Labute approximate surface area is 130 Å². The molecule has 0 radical (unpaired) electrons. The molecule has 6 nitrogen and oxygen atoms in total. The Hall–Kier alpha value is -2.13. The number of carbonyl (C=O) groups is 2. The van der Waals surface area contributed by atoms with Crippen LogP contribution < -0.4 is 16.4 Å². The number of hydrogen-bond acceptors (Lipinski definition) is 4. The fraction of sp³-hybridized carbons (Fsp3) is 0.429. The summed E-state index contributed by atoms with van der Waals surface area (Å²) in [4.78, 5) is 23.7. The van der Waals surface area contributed by atoms with E-state index in [1.165, 1.54) is 0 Å². The van der Waals surface area contributed by atoms with Crippen LogP contribution in [0.4, 0.5) is 18.9 Å². The van der Waals surface area contributed by atoms with Crippen molar-refractivity contribution >= 4 is 17.5 Å². The number of anilines is 1. The molecule has 2 rings (SSSR count). The van der Waals surface area contributed by atoms with Crippen LogP contribution in [0.3, 0.4) is 0 Å². The van der Waals surface area contributed by atoms with E-state index >= 15 is 0 Å². The first-order chi connectivity index (χ1) is 10.8. The van der Waals surface area contributed by atoms with Gasteiger partial charge in [0.2, 0.25) is 11.8 Å². The highest BCUT2D eigenvalue weighted by molar-refractivity contribution is 5.96. The molecular formula is C14H16F3N3O3. The Balaban J connectivity index is 1.90. The van der Waals surface area contributed by atoms with E-state index in [1.807, 2.05) is 5.32 Å². The van der Waals surface area contributed by atoms with E-state index in [2.05, 4.69) is 5.32 Å². The van der Waals surface area contributed by atoms with Crippen molar-refractivity contribution in [2.24, 2.45) is 5.73 Å². The number of nitrogens with one attached hydrogen (secondary N) is 2. The van der Waals surface area contributed by atoms with E-state index < -0.39 is 47.0 Å². The van der Waals surface area contributed by atoms with Gasteiger partial charge in [-0.2, -0.15) is 0 Å². The molecule has 0 spiro atoms. The number of halogens is 3. The molecule has 1 saturated heterocycles. The second kappa shape index (κ2) is 6.97. The highest BCUT2D eigenvalue weighted by Crippen LogP contribution is 2.20. The monoisotopic (exact) mass is 331 g/mol. The molecule has 1 heterocycles. The molecule has 1 fully saturated rings. The quantitative estimate of drug-likeness (QED) is 0.707. The molecule has 1 aromatic carbocycles. The molecule has 0 saturated carbocycles. The molecule has 0 aliphatic carbocycles. The van der Waals surface area contributed by atoms with Crippen molar-refractivity contribution < 1.29 is 27.5 Å². The summed E-state index contributed by atoms with van der Waals surface area (Å²) in [6.45, 7) is 0.212. The fourth-order valence-corrected chi connectivity index (χ4v) is 2.12. The maximum Gasteiger partial charge on any atom is 0.243 e. The third-order valence-electron chi connectivity index (χ3n) is 3.56. The van der Waals surface area contributed by atoms with Crippen LogP contribution in [0.25, 0.3) is 0 Å². The molecule has 1 aliphatic rings. The molecule has 0 bridgehead atoms. The van der Waals surface area contributed by atoms with E-state index in [0.717, 1.165) is 6.07 Å². The van der Waals surface area contributed by atoms with Crippen LogP contribution in [0.1, 0.15) is 12.8 Å². The summed E-state index contributed by atoms with van der Waals surface area (Å²) in [6, 6.07) is 1.57. The minimum Gasteiger partial charge on any atom is -0.381 e. The van der Waals surface area contributed by atoms with Gasteiger partial charge in [-0.05, 0) is 25.0 Å². The highest BCUT2D eigenvalue weighted by Gasteiger charge is 2.35. The molecule has 1 aromatic rings. The number of carbonyl (C=O) groups excluding carboxylic acids is 2. The number of amides is 2. The smallest absolute Gasteiger partial charge is 0.243 e. The van der Waals surface area contributed by atoms with Crippen LogP contribution in [0.15, 0.2) is 12.1 Å². The van der Waals surface area contributed by atoms with Gasteiger partial charge >= 0.3 is 0 Å². The third kappa shape index (κ3) is 3.99. The van der Waals surface area contributed by atoms with Crippen molar-refractivity contribution in [2.75, 3.05) is 25.1 Å². The van der Waals surface area contributed by atoms with Crippen molar-refractivity contribution in [3.05, 3.63) is 29.6 Å². The first-order valence-electron chi connectivity index (χ1n) is 6.92. The molecule has 0 atom stereocenters. The minimum absolute atomic E-state index is 0.318. The molecule has 0 unspecified atom stereocenters. The fourth-order valence-electron chi connectivity index (χ4n) is 2.12. The predicted molar refractivity (Wildman–Crippen MR) is 74.9 cm³/mol. The van der Waals surface area contributed by atoms with Crippen LogP contribution in [0.5, 0.6) is 0 Å². The van der Waals surface area contributed by atoms with Crippen molar-refractivity contribution in [3.8, 4) is 0 Å². The predicted octanol–water partition coefficient (Wildman–Crippen LogP) is 0.666. The zero-order chi connectivity index (χ0) is 17.0. The Morgan fingerprint density at radius 3 is 2.48 bits per heavy atom. The average molecular weight is 331 g/mol. The summed E-state index contributed by atoms with van der Waals surface area (Å²) in [5.74, 6) is -5.88. The van der Waals surface area contributed by atoms with Crippen molar-refractivity contribution in [1.29, 1.82) is 0 Å². The van der Waals surface area contributed by atoms with Gasteiger partial charge in [0.05, 0.1) is 17.8 Å². The summed E-state index contributed by atoms with van der Waals surface area (Å²) >= 11 is 0. The first kappa shape index (κ1) is 17.2. The summed E-state index contributed by atoms with van der Waals surface area (Å²) in [6.07, 6.45) is 0.635. The SMILES string of the molecule is NC1(C(=O)NCC(=O)Nc2ccc(F)c(F)c2F)CCOCC1. The van der Waals surface area contributed by atoms with E-state index in [9.17, 15) is 22.8 Å². The number of nitrogens with two attached hydrogens (primary N) is 1. The van der Waals surface area contributed by atoms with E-state index in [1.54, 1.807) is 0 Å². The van der Waals surface area contributed by atoms with Crippen molar-refractivity contribution in [3.63, 3.8) is 0 Å². The maximum atomic E-state index is 13.4. The normalized spacial score (nSPS) is 16.7. The molecule has 0 aromatic heterocycles. The summed E-state index contributed by atoms with van der Waals surface area (Å²) in [5, 5.41) is 4.38. The lowest BCUT2D eigenvalue weighted by Crippen LogP contribution is -2.57. The Kier molecular flexibility index (Phi) is 5.22. The largest absolute Gasteiger partial charge is 0.381 e. The van der Waals surface area contributed by atoms with Gasteiger partial charge in [0.15, 0.2) is 17.5 Å². The molecule has 9 heteroatoms. The Morgan fingerprint density at radius 2 is 1.83 bits per heavy atom. The molecular weight excluding hydrogens is 315 g/mol. The zero-order valence-corrected chi connectivity index (χ0v) is 12.1. The lowest BCUT2D eigenvalue weighted by Gasteiger charge is -2.31. The van der Waals surface area contributed by atoms with Gasteiger partial charge in [0.1, 0.15) is 0 Å². The van der Waals surface area contributed by atoms with Gasteiger partial charge in [-0.3, -0.25) is 9.59 Å². The lowest BCUT2D eigenvalue weighted by molar-refractivity contribution is -0.131. The van der Waals surface area contributed by atoms with Gasteiger partial charge in [-0.25, -0.2) is 13.2 Å². The molecule has 126 valence electrons. The lowest BCUT2D eigenvalue weighted by atomic mass is 9.90. The second-order valence-electron chi connectivity index (χ2n) is 5.22. The average Bonchev–Trinajstić information content (AvgIpc) is 2.54. The third-order valence-corrected chi connectivity index (χ3v) is 3.56. The van der Waals surface area contributed by atoms with Gasteiger partial charge in [-0.1, -0.05) is 0 Å². The Bertz CT molecular complexity index is 619. The van der Waals surface area contributed by atoms with Gasteiger partial charge in [-0.15, -0.1) is 0 Å². The second-order valence-corrected chi connectivity index (χ2v) is 5.22. The van der Waals surface area contributed by atoms with Crippen LogP contribution in [0, 0.1) is 17.5 Å². The van der Waals surface area contributed by atoms with E-state index in [0.29, 0.717) is 32.1 Å². The first-order valence-corrected chi connectivity index (χ1v) is 6.92. The van der Waals surface area contributed by atoms with Crippen molar-refractivity contribution in [1.82, 2.24) is 5.32 Å². The topological polar surface area (TPSA) is 93.5 Å². The van der Waals surface area contributed by atoms with Gasteiger partial charge in [0.25, 0.3) is 0 Å². The zero-order valence-electron chi connectivity index (χ0n) is 12.1. The summed E-state index contributed by atoms with van der Waals surface area (Å²) in [7, 11) is 0. The molecule has 23 heavy (non-hydrogen) atoms. The number of benzene rings is 1. The van der Waals surface area contributed by atoms with E-state index in [4.69, 9.17) is 10.5 Å². The standard InChI is InChI=1S/C14H16F3N3O3/c15-8-1-2-9(12(17)11(8)16)20-10(21)7-19-13(22)14(18)3-5-23-6-4-14/h1-2H,3-7,18H2,(H,19,22)(H,20,21). The van der Waals surface area contributed by atoms with Crippen LogP contribution >= 0.6 is 0 Å². The van der Waals surface area contributed by atoms with Crippen LogP contribution in [-0.2, 0) is 14.3 Å². The molecule has 1 aliphatic heterocycles. The van der Waals surface area contributed by atoms with Crippen molar-refractivity contribution in [2.45, 2.75) is 18.4 Å². The minimum atomic E-state index is -1.69. The summed E-state index contributed by atoms with van der Waals surface area (Å²) < 4.78 is 44.4. The summed E-state index contributed by atoms with van der Waals surface area (Å²) in [5.41, 5.74) is 4.29. The number of ether oxygens (including phenoxy) is 1. The number of hydrogen-bond donors (Lipinski definition) is 3. The van der Waals surface area contributed by atoms with Gasteiger partial charge in [0, 0.05) is 13.2 Å². The van der Waals surface area contributed by atoms with Gasteiger partial charge < -0.3 is 21.1 Å². The highest BCUT2D eigenvalue weighted by atomic mass is 19.2. The molecule has 2 amide bonds. The number of rotatable bonds is 4. The van der Waals surface area contributed by atoms with Crippen LogP contribution in [0.2, 0.25) is 0 Å².